The average Bonchev–Trinajstić information content (AvgIpc) is 3.28. The van der Waals surface area contributed by atoms with Gasteiger partial charge in [-0.1, -0.05) is 61.5 Å². The molecule has 0 fully saturated rings. The first kappa shape index (κ1) is 22.0. The smallest absolute Gasteiger partial charge is 0.253 e. The summed E-state index contributed by atoms with van der Waals surface area (Å²) in [4.78, 5) is 26.5. The molecule has 1 aromatic heterocycles. The van der Waals surface area contributed by atoms with E-state index in [1.807, 2.05) is 71.5 Å². The van der Waals surface area contributed by atoms with Crippen LogP contribution >= 0.6 is 0 Å². The molecule has 0 unspecified atom stereocenters. The van der Waals surface area contributed by atoms with Gasteiger partial charge in [0.25, 0.3) is 5.91 Å². The van der Waals surface area contributed by atoms with E-state index in [0.717, 1.165) is 22.5 Å². The van der Waals surface area contributed by atoms with Gasteiger partial charge in [-0.25, -0.2) is 4.68 Å². The number of nitrogens with one attached hydrogen (secondary N) is 1. The number of para-hydroxylation sites is 1. The molecular weight excluding hydrogens is 412 g/mol. The van der Waals surface area contributed by atoms with Crippen LogP contribution in [0.5, 0.6) is 0 Å². The first-order valence-electron chi connectivity index (χ1n) is 10.9. The molecule has 0 aliphatic rings. The molecule has 1 heterocycles. The first-order valence-corrected chi connectivity index (χ1v) is 10.9. The highest BCUT2D eigenvalue weighted by Crippen LogP contribution is 2.25. The van der Waals surface area contributed by atoms with Crippen LogP contribution in [0.2, 0.25) is 0 Å². The van der Waals surface area contributed by atoms with Crippen LogP contribution in [0.3, 0.4) is 0 Å². The lowest BCUT2D eigenvalue weighted by Crippen LogP contribution is -2.26. The second kappa shape index (κ2) is 9.96. The number of rotatable bonds is 7. The number of anilines is 1. The summed E-state index contributed by atoms with van der Waals surface area (Å²) in [6, 6.07) is 26.9. The third kappa shape index (κ3) is 5.18. The third-order valence-corrected chi connectivity index (χ3v) is 5.33. The van der Waals surface area contributed by atoms with E-state index in [4.69, 9.17) is 5.10 Å². The molecular formula is C27H26N4O2. The molecule has 4 rings (SSSR count). The van der Waals surface area contributed by atoms with E-state index in [-0.39, 0.29) is 11.8 Å². The van der Waals surface area contributed by atoms with Gasteiger partial charge in [-0.15, -0.1) is 0 Å². The quantitative estimate of drug-likeness (QED) is 0.433. The minimum absolute atomic E-state index is 0.0891. The van der Waals surface area contributed by atoms with Crippen molar-refractivity contribution in [2.75, 3.05) is 12.4 Å². The summed E-state index contributed by atoms with van der Waals surface area (Å²) < 4.78 is 1.84. The van der Waals surface area contributed by atoms with Crippen molar-refractivity contribution in [1.29, 1.82) is 0 Å². The predicted octanol–water partition coefficient (Wildman–Crippen LogP) is 5.16. The maximum Gasteiger partial charge on any atom is 0.253 e. The van der Waals surface area contributed by atoms with Crippen LogP contribution in [0.25, 0.3) is 16.9 Å². The molecule has 0 aliphatic carbocycles. The van der Waals surface area contributed by atoms with Crippen LogP contribution in [0.15, 0.2) is 91.1 Å². The van der Waals surface area contributed by atoms with Crippen LogP contribution in [0, 0.1) is 0 Å². The Morgan fingerprint density at radius 3 is 2.33 bits per heavy atom. The molecule has 3 aromatic carbocycles. The molecule has 33 heavy (non-hydrogen) atoms. The lowest BCUT2D eigenvalue weighted by atomic mass is 10.1. The van der Waals surface area contributed by atoms with Gasteiger partial charge in [0.1, 0.15) is 0 Å². The van der Waals surface area contributed by atoms with Crippen molar-refractivity contribution in [2.24, 2.45) is 0 Å². The Balaban J connectivity index is 1.61. The minimum Gasteiger partial charge on any atom is -0.337 e. The zero-order valence-electron chi connectivity index (χ0n) is 18.7. The third-order valence-electron chi connectivity index (χ3n) is 5.33. The van der Waals surface area contributed by atoms with Crippen LogP contribution in [-0.2, 0) is 11.3 Å². The molecule has 4 aromatic rings. The fourth-order valence-electron chi connectivity index (χ4n) is 3.60. The summed E-state index contributed by atoms with van der Waals surface area (Å²) in [6.45, 7) is 2.18. The van der Waals surface area contributed by atoms with Crippen molar-refractivity contribution in [1.82, 2.24) is 14.7 Å². The summed E-state index contributed by atoms with van der Waals surface area (Å²) in [5, 5.41) is 7.63. The Bertz CT molecular complexity index is 1250. The first-order chi connectivity index (χ1) is 16.0. The Morgan fingerprint density at radius 2 is 1.64 bits per heavy atom. The van der Waals surface area contributed by atoms with Gasteiger partial charge >= 0.3 is 0 Å². The van der Waals surface area contributed by atoms with E-state index in [0.29, 0.717) is 24.2 Å². The maximum atomic E-state index is 13.2. The molecule has 6 nitrogen and oxygen atoms in total. The van der Waals surface area contributed by atoms with Crippen LogP contribution in [0.4, 0.5) is 5.69 Å². The van der Waals surface area contributed by atoms with Crippen molar-refractivity contribution in [3.8, 4) is 16.9 Å². The van der Waals surface area contributed by atoms with Crippen LogP contribution < -0.4 is 5.32 Å². The van der Waals surface area contributed by atoms with Gasteiger partial charge in [-0.2, -0.15) is 5.10 Å². The Labute approximate surface area is 193 Å². The number of carbonyl (C=O) groups is 2. The van der Waals surface area contributed by atoms with E-state index >= 15 is 0 Å². The van der Waals surface area contributed by atoms with Gasteiger partial charge in [-0.05, 0) is 30.3 Å². The van der Waals surface area contributed by atoms with Gasteiger partial charge in [0, 0.05) is 48.6 Å². The van der Waals surface area contributed by atoms with Gasteiger partial charge in [0.15, 0.2) is 0 Å². The summed E-state index contributed by atoms with van der Waals surface area (Å²) in [5.41, 5.74) is 4.85. The predicted molar refractivity (Wildman–Crippen MR) is 130 cm³/mol. The Kier molecular flexibility index (Phi) is 6.64. The molecule has 0 saturated carbocycles. The molecule has 1 N–H and O–H groups in total. The lowest BCUT2D eigenvalue weighted by molar-refractivity contribution is -0.115. The maximum absolute atomic E-state index is 13.2. The highest BCUT2D eigenvalue weighted by Gasteiger charge is 2.18. The normalized spacial score (nSPS) is 10.6. The Hall–Kier alpha value is -4.19. The SMILES string of the molecule is CCC(=O)Nc1cccc(C(=O)N(C)Cc2cn(-c3ccccc3)nc2-c2ccccc2)c1. The number of benzene rings is 3. The lowest BCUT2D eigenvalue weighted by Gasteiger charge is -2.18. The number of carbonyl (C=O) groups excluding carboxylic acids is 2. The molecule has 0 spiro atoms. The number of hydrogen-bond acceptors (Lipinski definition) is 3. The zero-order valence-corrected chi connectivity index (χ0v) is 18.7. The number of hydrogen-bond donors (Lipinski definition) is 1. The summed E-state index contributed by atoms with van der Waals surface area (Å²) >= 11 is 0. The van der Waals surface area contributed by atoms with E-state index < -0.39 is 0 Å². The molecule has 0 radical (unpaired) electrons. The van der Waals surface area contributed by atoms with E-state index in [2.05, 4.69) is 5.32 Å². The van der Waals surface area contributed by atoms with Gasteiger partial charge in [-0.3, -0.25) is 9.59 Å². The molecule has 2 amide bonds. The standard InChI is InChI=1S/C27H26N4O2/c1-3-25(32)28-23-14-10-13-21(17-23)27(33)30(2)18-22-19-31(24-15-8-5-9-16-24)29-26(22)20-11-6-4-7-12-20/h4-17,19H,3,18H2,1-2H3,(H,28,32). The largest absolute Gasteiger partial charge is 0.337 e. The van der Waals surface area contributed by atoms with E-state index in [9.17, 15) is 9.59 Å². The molecule has 6 heteroatoms. The second-order valence-electron chi connectivity index (χ2n) is 7.79. The van der Waals surface area contributed by atoms with Gasteiger partial charge in [0.2, 0.25) is 5.91 Å². The molecule has 0 saturated heterocycles. The van der Waals surface area contributed by atoms with Gasteiger partial charge < -0.3 is 10.2 Å². The zero-order chi connectivity index (χ0) is 23.2. The highest BCUT2D eigenvalue weighted by atomic mass is 16.2. The number of amides is 2. The second-order valence-corrected chi connectivity index (χ2v) is 7.79. The Morgan fingerprint density at radius 1 is 0.939 bits per heavy atom. The minimum atomic E-state index is -0.130. The van der Waals surface area contributed by atoms with Crippen molar-refractivity contribution in [3.63, 3.8) is 0 Å². The van der Waals surface area contributed by atoms with Crippen molar-refractivity contribution in [3.05, 3.63) is 102 Å². The van der Waals surface area contributed by atoms with E-state index in [1.54, 1.807) is 43.1 Å². The topological polar surface area (TPSA) is 67.2 Å². The summed E-state index contributed by atoms with van der Waals surface area (Å²) in [6.07, 6.45) is 2.35. The van der Waals surface area contributed by atoms with Gasteiger partial charge in [0.05, 0.1) is 11.4 Å². The fraction of sp³-hybridized carbons (Fsp3) is 0.148. The van der Waals surface area contributed by atoms with Crippen LogP contribution in [0.1, 0.15) is 29.3 Å². The average molecular weight is 439 g/mol. The van der Waals surface area contributed by atoms with E-state index in [1.165, 1.54) is 0 Å². The van der Waals surface area contributed by atoms with Crippen LogP contribution in [-0.4, -0.2) is 33.5 Å². The summed E-state index contributed by atoms with van der Waals surface area (Å²) in [5.74, 6) is -0.220. The molecule has 0 atom stereocenters. The monoisotopic (exact) mass is 438 g/mol. The number of aromatic nitrogens is 2. The van der Waals surface area contributed by atoms with Crippen molar-refractivity contribution >= 4 is 17.5 Å². The molecule has 0 bridgehead atoms. The van der Waals surface area contributed by atoms with Crippen molar-refractivity contribution < 1.29 is 9.59 Å². The molecule has 0 aliphatic heterocycles. The fourth-order valence-corrected chi connectivity index (χ4v) is 3.60. The molecule has 166 valence electrons. The highest BCUT2D eigenvalue weighted by molar-refractivity contribution is 5.97. The summed E-state index contributed by atoms with van der Waals surface area (Å²) in [7, 11) is 1.77. The number of nitrogens with zero attached hydrogens (tertiary/aromatic N) is 3. The van der Waals surface area contributed by atoms with Crippen molar-refractivity contribution in [2.45, 2.75) is 19.9 Å².